The van der Waals surface area contributed by atoms with Gasteiger partial charge in [-0.05, 0) is 12.1 Å². The number of sulfonamides is 1. The van der Waals surface area contributed by atoms with Crippen molar-refractivity contribution in [1.29, 1.82) is 0 Å². The fourth-order valence-corrected chi connectivity index (χ4v) is 3.59. The van der Waals surface area contributed by atoms with Gasteiger partial charge in [-0.2, -0.15) is 4.31 Å². The Morgan fingerprint density at radius 1 is 1.33 bits per heavy atom. The fraction of sp³-hybridized carbons (Fsp3) is 0.357. The Labute approximate surface area is 123 Å². The smallest absolute Gasteiger partial charge is 0.260 e. The van der Waals surface area contributed by atoms with Gasteiger partial charge in [0.25, 0.3) is 10.0 Å². The standard InChI is InChI=1S/C14H17N3O3S/c1-2-13-15-8-14(16-13)21(18,19)17-9-12(10-17)20-11-6-4-3-5-7-11/h3-8,12H,2,9-10H2,1H3,(H,15,16). The first-order valence-electron chi connectivity index (χ1n) is 6.85. The number of nitrogens with one attached hydrogen (secondary N) is 1. The molecule has 1 saturated heterocycles. The third kappa shape index (κ3) is 2.79. The van der Waals surface area contributed by atoms with Crippen LogP contribution in [0.4, 0.5) is 0 Å². The van der Waals surface area contributed by atoms with E-state index >= 15 is 0 Å². The first-order valence-corrected chi connectivity index (χ1v) is 8.29. The van der Waals surface area contributed by atoms with Crippen molar-refractivity contribution >= 4 is 10.0 Å². The lowest BCUT2D eigenvalue weighted by molar-refractivity contribution is 0.0760. The van der Waals surface area contributed by atoms with Crippen LogP contribution in [0.5, 0.6) is 5.75 Å². The average molecular weight is 307 g/mol. The Kier molecular flexibility index (Phi) is 3.69. The maximum Gasteiger partial charge on any atom is 0.260 e. The van der Waals surface area contributed by atoms with Crippen molar-refractivity contribution in [3.05, 3.63) is 42.4 Å². The number of aromatic nitrogens is 2. The van der Waals surface area contributed by atoms with Gasteiger partial charge in [-0.15, -0.1) is 0 Å². The van der Waals surface area contributed by atoms with Gasteiger partial charge in [-0.3, -0.25) is 0 Å². The Bertz CT molecular complexity index is 706. The molecule has 0 bridgehead atoms. The molecule has 3 rings (SSSR count). The number of aryl methyl sites for hydroxylation is 1. The highest BCUT2D eigenvalue weighted by molar-refractivity contribution is 7.89. The summed E-state index contributed by atoms with van der Waals surface area (Å²) in [6.07, 6.45) is 1.95. The summed E-state index contributed by atoms with van der Waals surface area (Å²) >= 11 is 0. The highest BCUT2D eigenvalue weighted by atomic mass is 32.2. The summed E-state index contributed by atoms with van der Waals surface area (Å²) in [6, 6.07) is 9.41. The fourth-order valence-electron chi connectivity index (χ4n) is 2.16. The lowest BCUT2D eigenvalue weighted by Crippen LogP contribution is -2.56. The van der Waals surface area contributed by atoms with Crippen LogP contribution in [0.15, 0.2) is 41.6 Å². The molecule has 6 nitrogen and oxygen atoms in total. The highest BCUT2D eigenvalue weighted by Crippen LogP contribution is 2.23. The van der Waals surface area contributed by atoms with Crippen LogP contribution >= 0.6 is 0 Å². The summed E-state index contributed by atoms with van der Waals surface area (Å²) in [5, 5.41) is 0.150. The van der Waals surface area contributed by atoms with Crippen molar-refractivity contribution in [2.45, 2.75) is 24.5 Å². The summed E-state index contributed by atoms with van der Waals surface area (Å²) in [4.78, 5) is 6.87. The second-order valence-corrected chi connectivity index (χ2v) is 6.83. The van der Waals surface area contributed by atoms with Gasteiger partial charge in [-0.25, -0.2) is 13.4 Å². The summed E-state index contributed by atoms with van der Waals surface area (Å²) in [6.45, 7) is 2.64. The monoisotopic (exact) mass is 307 g/mol. The first kappa shape index (κ1) is 14.1. The Hall–Kier alpha value is -1.86. The Morgan fingerprint density at radius 2 is 2.05 bits per heavy atom. The van der Waals surface area contributed by atoms with Crippen molar-refractivity contribution in [3.63, 3.8) is 0 Å². The van der Waals surface area contributed by atoms with Crippen LogP contribution in [0.25, 0.3) is 0 Å². The molecule has 0 aliphatic carbocycles. The maximum atomic E-state index is 12.3. The number of hydrogen-bond donors (Lipinski definition) is 1. The molecule has 2 aromatic rings. The van der Waals surface area contributed by atoms with Crippen molar-refractivity contribution < 1.29 is 13.2 Å². The molecule has 1 fully saturated rings. The number of nitrogens with zero attached hydrogens (tertiary/aromatic N) is 2. The van der Waals surface area contributed by atoms with Gasteiger partial charge < -0.3 is 9.72 Å². The van der Waals surface area contributed by atoms with Gasteiger partial charge in [0.15, 0.2) is 5.03 Å². The summed E-state index contributed by atoms with van der Waals surface area (Å²) in [7, 11) is -3.48. The van der Waals surface area contributed by atoms with Crippen LogP contribution in [-0.4, -0.2) is 41.9 Å². The summed E-state index contributed by atoms with van der Waals surface area (Å²) in [5.74, 6) is 1.43. The highest BCUT2D eigenvalue weighted by Gasteiger charge is 2.39. The van der Waals surface area contributed by atoms with E-state index in [1.54, 1.807) is 0 Å². The van der Waals surface area contributed by atoms with Crippen molar-refractivity contribution in [3.8, 4) is 5.75 Å². The van der Waals surface area contributed by atoms with E-state index in [-0.39, 0.29) is 11.1 Å². The van der Waals surface area contributed by atoms with Gasteiger partial charge in [-0.1, -0.05) is 25.1 Å². The van der Waals surface area contributed by atoms with E-state index in [1.807, 2.05) is 37.3 Å². The minimum Gasteiger partial charge on any atom is -0.488 e. The van der Waals surface area contributed by atoms with Crippen molar-refractivity contribution in [1.82, 2.24) is 14.3 Å². The lowest BCUT2D eigenvalue weighted by Gasteiger charge is -2.37. The van der Waals surface area contributed by atoms with E-state index in [4.69, 9.17) is 4.74 Å². The summed E-state index contributed by atoms with van der Waals surface area (Å²) < 4.78 is 31.8. The van der Waals surface area contributed by atoms with Crippen molar-refractivity contribution in [2.75, 3.05) is 13.1 Å². The van der Waals surface area contributed by atoms with Gasteiger partial charge in [0.2, 0.25) is 0 Å². The number of ether oxygens (including phenoxy) is 1. The Balaban J connectivity index is 1.62. The average Bonchev–Trinajstić information content (AvgIpc) is 2.93. The number of imidazole rings is 1. The van der Waals surface area contributed by atoms with Crippen LogP contribution in [-0.2, 0) is 16.4 Å². The molecule has 7 heteroatoms. The van der Waals surface area contributed by atoms with Crippen molar-refractivity contribution in [2.24, 2.45) is 0 Å². The number of H-pyrrole nitrogens is 1. The zero-order chi connectivity index (χ0) is 14.9. The van der Waals surface area contributed by atoms with Gasteiger partial charge >= 0.3 is 0 Å². The van der Waals surface area contributed by atoms with E-state index in [0.717, 1.165) is 5.75 Å². The second kappa shape index (κ2) is 5.50. The Morgan fingerprint density at radius 3 is 2.67 bits per heavy atom. The van der Waals surface area contributed by atoms with Crippen LogP contribution in [0, 0.1) is 0 Å². The van der Waals surface area contributed by atoms with E-state index in [0.29, 0.717) is 25.3 Å². The minimum atomic E-state index is -3.48. The molecule has 0 unspecified atom stereocenters. The molecule has 0 atom stereocenters. The SMILES string of the molecule is CCc1ncc(S(=O)(=O)N2CC(Oc3ccccc3)C2)[nH]1. The molecule has 2 heterocycles. The predicted molar refractivity (Wildman–Crippen MR) is 77.6 cm³/mol. The molecule has 1 aromatic carbocycles. The van der Waals surface area contributed by atoms with Gasteiger partial charge in [0.1, 0.15) is 17.7 Å². The topological polar surface area (TPSA) is 75.3 Å². The predicted octanol–water partition coefficient (Wildman–Crippen LogP) is 1.42. The van der Waals surface area contributed by atoms with E-state index in [1.165, 1.54) is 10.5 Å². The number of aromatic amines is 1. The number of para-hydroxylation sites is 1. The number of hydrogen-bond acceptors (Lipinski definition) is 4. The third-order valence-corrected chi connectivity index (χ3v) is 5.16. The third-order valence-electron chi connectivity index (χ3n) is 3.42. The molecule has 0 spiro atoms. The molecule has 1 aliphatic rings. The van der Waals surface area contributed by atoms with Gasteiger partial charge in [0, 0.05) is 6.42 Å². The van der Waals surface area contributed by atoms with E-state index < -0.39 is 10.0 Å². The van der Waals surface area contributed by atoms with Crippen LogP contribution in [0.3, 0.4) is 0 Å². The number of benzene rings is 1. The van der Waals surface area contributed by atoms with E-state index in [2.05, 4.69) is 9.97 Å². The quantitative estimate of drug-likeness (QED) is 0.906. The summed E-state index contributed by atoms with van der Waals surface area (Å²) in [5.41, 5.74) is 0. The molecule has 0 radical (unpaired) electrons. The second-order valence-electron chi connectivity index (χ2n) is 4.92. The van der Waals surface area contributed by atoms with E-state index in [9.17, 15) is 8.42 Å². The molecule has 21 heavy (non-hydrogen) atoms. The molecule has 1 aliphatic heterocycles. The largest absolute Gasteiger partial charge is 0.488 e. The zero-order valence-corrected chi connectivity index (χ0v) is 12.5. The van der Waals surface area contributed by atoms with Crippen LogP contribution < -0.4 is 4.74 Å². The normalized spacial score (nSPS) is 16.6. The number of rotatable bonds is 5. The molecule has 0 amide bonds. The maximum absolute atomic E-state index is 12.3. The molecule has 0 saturated carbocycles. The minimum absolute atomic E-state index is 0.101. The van der Waals surface area contributed by atoms with Crippen LogP contribution in [0.2, 0.25) is 0 Å². The molecule has 1 aromatic heterocycles. The lowest BCUT2D eigenvalue weighted by atomic mass is 10.2. The molecule has 112 valence electrons. The molecular weight excluding hydrogens is 290 g/mol. The first-order chi connectivity index (χ1) is 10.1. The van der Waals surface area contributed by atoms with Gasteiger partial charge in [0.05, 0.1) is 19.3 Å². The zero-order valence-electron chi connectivity index (χ0n) is 11.7. The van der Waals surface area contributed by atoms with Crippen LogP contribution in [0.1, 0.15) is 12.7 Å². The molecular formula is C14H17N3O3S. The molecule has 1 N–H and O–H groups in total.